The molecule has 2 rings (SSSR count). The molecule has 0 spiro atoms. The number of ether oxygens (including phenoxy) is 2. The average Bonchev–Trinajstić information content (AvgIpc) is 2.70. The zero-order valence-electron chi connectivity index (χ0n) is 17.6. The van der Waals surface area contributed by atoms with Gasteiger partial charge in [-0.15, -0.1) is 0 Å². The highest BCUT2D eigenvalue weighted by atomic mass is 17.2. The number of hydrogen-bond acceptors (Lipinski definition) is 6. The summed E-state index contributed by atoms with van der Waals surface area (Å²) >= 11 is 0. The number of esters is 1. The second-order valence-corrected chi connectivity index (χ2v) is 7.90. The lowest BCUT2D eigenvalue weighted by atomic mass is 9.95. The molecule has 1 atom stereocenters. The van der Waals surface area contributed by atoms with E-state index in [0.717, 1.165) is 5.56 Å². The minimum absolute atomic E-state index is 0.0743. The van der Waals surface area contributed by atoms with Crippen LogP contribution in [0.25, 0.3) is 0 Å². The summed E-state index contributed by atoms with van der Waals surface area (Å²) in [5.41, 5.74) is -0.989. The zero-order valence-corrected chi connectivity index (χ0v) is 17.6. The third kappa shape index (κ3) is 7.00. The second kappa shape index (κ2) is 9.67. The van der Waals surface area contributed by atoms with Crippen molar-refractivity contribution in [3.05, 3.63) is 65.7 Å². The Kier molecular flexibility index (Phi) is 7.53. The summed E-state index contributed by atoms with van der Waals surface area (Å²) in [6, 6.07) is 15.9. The number of carbonyl (C=O) groups excluding carboxylic acids is 2. The van der Waals surface area contributed by atoms with Gasteiger partial charge in [0, 0.05) is 5.56 Å². The van der Waals surface area contributed by atoms with E-state index in [1.807, 2.05) is 30.3 Å². The van der Waals surface area contributed by atoms with Gasteiger partial charge in [-0.05, 0) is 57.5 Å². The Labute approximate surface area is 171 Å². The van der Waals surface area contributed by atoms with E-state index in [0.29, 0.717) is 11.3 Å². The van der Waals surface area contributed by atoms with Gasteiger partial charge in [0.25, 0.3) is 0 Å². The van der Waals surface area contributed by atoms with Crippen molar-refractivity contribution < 1.29 is 28.8 Å². The van der Waals surface area contributed by atoms with Crippen LogP contribution in [0.4, 0.5) is 0 Å². The Morgan fingerprint density at radius 2 is 1.48 bits per heavy atom. The predicted molar refractivity (Wildman–Crippen MR) is 109 cm³/mol. The van der Waals surface area contributed by atoms with Crippen molar-refractivity contribution >= 4 is 11.8 Å². The summed E-state index contributed by atoms with van der Waals surface area (Å²) in [5, 5.41) is 0. The van der Waals surface area contributed by atoms with Gasteiger partial charge in [-0.25, -0.2) is 14.6 Å². The molecule has 0 bridgehead atoms. The number of carbonyl (C=O) groups is 2. The van der Waals surface area contributed by atoms with E-state index in [4.69, 9.17) is 19.2 Å². The summed E-state index contributed by atoms with van der Waals surface area (Å²) in [7, 11) is 1.55. The fraction of sp³-hybridized carbons (Fsp3) is 0.391. The molecular formula is C23H28O6. The quantitative estimate of drug-likeness (QED) is 0.267. The Bertz CT molecular complexity index is 808. The van der Waals surface area contributed by atoms with Crippen molar-refractivity contribution in [1.29, 1.82) is 0 Å². The van der Waals surface area contributed by atoms with Gasteiger partial charge in [-0.1, -0.05) is 30.3 Å². The first kappa shape index (κ1) is 22.6. The minimum atomic E-state index is -1.60. The normalized spacial score (nSPS) is 13.4. The molecule has 0 aliphatic carbocycles. The largest absolute Gasteiger partial charge is 0.497 e. The maximum Gasteiger partial charge on any atom is 0.342 e. The molecule has 0 amide bonds. The van der Waals surface area contributed by atoms with E-state index >= 15 is 0 Å². The lowest BCUT2D eigenvalue weighted by Gasteiger charge is -2.29. The predicted octanol–water partition coefficient (Wildman–Crippen LogP) is 4.52. The standard InChI is InChI=1S/C23H28O6/c1-22(2,3)28-29-23(4,21(25)27-16-17-9-7-6-8-10-17)15-20(24)18-11-13-19(26-5)14-12-18/h6-14H,15-16H2,1-5H3. The molecule has 0 radical (unpaired) electrons. The van der Waals surface area contributed by atoms with Crippen molar-refractivity contribution in [3.63, 3.8) is 0 Å². The molecule has 0 aliphatic rings. The van der Waals surface area contributed by atoms with Gasteiger partial charge in [0.05, 0.1) is 19.1 Å². The van der Waals surface area contributed by atoms with Crippen LogP contribution in [-0.4, -0.2) is 30.1 Å². The lowest BCUT2D eigenvalue weighted by molar-refractivity contribution is -0.392. The molecule has 6 nitrogen and oxygen atoms in total. The first-order valence-corrected chi connectivity index (χ1v) is 9.38. The second-order valence-electron chi connectivity index (χ2n) is 7.90. The van der Waals surface area contributed by atoms with Crippen molar-refractivity contribution in [2.24, 2.45) is 0 Å². The maximum atomic E-state index is 12.8. The Balaban J connectivity index is 2.14. The summed E-state index contributed by atoms with van der Waals surface area (Å²) in [6.07, 6.45) is -0.233. The van der Waals surface area contributed by atoms with Gasteiger partial charge >= 0.3 is 5.97 Å². The number of methoxy groups -OCH3 is 1. The summed E-state index contributed by atoms with van der Waals surface area (Å²) in [4.78, 5) is 36.4. The molecular weight excluding hydrogens is 372 g/mol. The molecule has 6 heteroatoms. The van der Waals surface area contributed by atoms with Gasteiger partial charge in [-0.3, -0.25) is 4.79 Å². The van der Waals surface area contributed by atoms with Crippen LogP contribution in [0.2, 0.25) is 0 Å². The average molecular weight is 400 g/mol. The molecule has 156 valence electrons. The topological polar surface area (TPSA) is 71.1 Å². The molecule has 0 fully saturated rings. The number of rotatable bonds is 9. The van der Waals surface area contributed by atoms with E-state index in [1.54, 1.807) is 52.1 Å². The Morgan fingerprint density at radius 1 is 0.862 bits per heavy atom. The van der Waals surface area contributed by atoms with Gasteiger partial charge < -0.3 is 9.47 Å². The molecule has 0 N–H and O–H groups in total. The number of ketones is 1. The first-order chi connectivity index (χ1) is 13.6. The van der Waals surface area contributed by atoms with Crippen molar-refractivity contribution in [1.82, 2.24) is 0 Å². The van der Waals surface area contributed by atoms with Crippen LogP contribution in [0.15, 0.2) is 54.6 Å². The van der Waals surface area contributed by atoms with E-state index < -0.39 is 17.2 Å². The van der Waals surface area contributed by atoms with E-state index in [9.17, 15) is 9.59 Å². The van der Waals surface area contributed by atoms with Crippen LogP contribution in [0.5, 0.6) is 5.75 Å². The van der Waals surface area contributed by atoms with Crippen LogP contribution in [0.1, 0.15) is 50.0 Å². The van der Waals surface area contributed by atoms with E-state index in [2.05, 4.69) is 0 Å². The van der Waals surface area contributed by atoms with Crippen molar-refractivity contribution in [2.45, 2.75) is 51.9 Å². The molecule has 29 heavy (non-hydrogen) atoms. The number of benzene rings is 2. The first-order valence-electron chi connectivity index (χ1n) is 9.38. The molecule has 1 unspecified atom stereocenters. The van der Waals surface area contributed by atoms with Crippen molar-refractivity contribution in [3.8, 4) is 5.75 Å². The van der Waals surface area contributed by atoms with Crippen LogP contribution < -0.4 is 4.74 Å². The molecule has 0 aromatic heterocycles. The Hall–Kier alpha value is -2.70. The minimum Gasteiger partial charge on any atom is -0.497 e. The van der Waals surface area contributed by atoms with Crippen LogP contribution >= 0.6 is 0 Å². The lowest BCUT2D eigenvalue weighted by Crippen LogP contribution is -2.44. The summed E-state index contributed by atoms with van der Waals surface area (Å²) in [6.45, 7) is 6.93. The number of Topliss-reactive ketones (excluding diaryl/α,β-unsaturated/α-hetero) is 1. The van der Waals surface area contributed by atoms with E-state index in [1.165, 1.54) is 6.92 Å². The molecule has 0 aliphatic heterocycles. The number of hydrogen-bond donors (Lipinski definition) is 0. The van der Waals surface area contributed by atoms with Gasteiger partial charge in [0.15, 0.2) is 5.78 Å². The van der Waals surface area contributed by atoms with Crippen LogP contribution in [0, 0.1) is 0 Å². The highest BCUT2D eigenvalue weighted by molar-refractivity contribution is 5.99. The van der Waals surface area contributed by atoms with Gasteiger partial charge in [-0.2, -0.15) is 0 Å². The van der Waals surface area contributed by atoms with Crippen molar-refractivity contribution in [2.75, 3.05) is 7.11 Å². The third-order valence-electron chi connectivity index (χ3n) is 4.03. The SMILES string of the molecule is COc1ccc(C(=O)CC(C)(OOC(C)(C)C)C(=O)OCc2ccccc2)cc1. The summed E-state index contributed by atoms with van der Waals surface area (Å²) < 4.78 is 10.5. The van der Waals surface area contributed by atoms with Gasteiger partial charge in [0.2, 0.25) is 5.60 Å². The third-order valence-corrected chi connectivity index (χ3v) is 4.03. The molecule has 0 saturated heterocycles. The zero-order chi connectivity index (χ0) is 21.5. The fourth-order valence-corrected chi connectivity index (χ4v) is 2.41. The Morgan fingerprint density at radius 3 is 2.03 bits per heavy atom. The van der Waals surface area contributed by atoms with E-state index in [-0.39, 0.29) is 18.8 Å². The molecule has 2 aromatic rings. The van der Waals surface area contributed by atoms with Gasteiger partial charge in [0.1, 0.15) is 12.4 Å². The highest BCUT2D eigenvalue weighted by Gasteiger charge is 2.41. The highest BCUT2D eigenvalue weighted by Crippen LogP contribution is 2.25. The molecule has 0 heterocycles. The monoisotopic (exact) mass is 400 g/mol. The van der Waals surface area contributed by atoms with Crippen LogP contribution in [-0.2, 0) is 25.9 Å². The summed E-state index contributed by atoms with van der Waals surface area (Å²) in [5.74, 6) is -0.310. The molecule has 2 aromatic carbocycles. The maximum absolute atomic E-state index is 12.8. The molecule has 0 saturated carbocycles. The van der Waals surface area contributed by atoms with Crippen LogP contribution in [0.3, 0.4) is 0 Å². The smallest absolute Gasteiger partial charge is 0.342 e. The fourth-order valence-electron chi connectivity index (χ4n) is 2.41.